The fourth-order valence-corrected chi connectivity index (χ4v) is 0.335. The molecule has 0 fully saturated rings. The van der Waals surface area contributed by atoms with E-state index in [-0.39, 0.29) is 0 Å². The maximum atomic E-state index is 8.09. The first-order valence-corrected chi connectivity index (χ1v) is 2.58. The summed E-state index contributed by atoms with van der Waals surface area (Å²) in [7, 11) is 1.65. The zero-order valence-corrected chi connectivity index (χ0v) is 5.12. The van der Waals surface area contributed by atoms with E-state index in [1.165, 1.54) is 0 Å². The van der Waals surface area contributed by atoms with Crippen molar-refractivity contribution in [3.63, 3.8) is 0 Å². The summed E-state index contributed by atoms with van der Waals surface area (Å²) >= 11 is 0.554. The highest BCUT2D eigenvalue weighted by atomic mass is 32.2. The second-order valence-electron chi connectivity index (χ2n) is 1.00. The third kappa shape index (κ3) is 3.61. The zero-order valence-electron chi connectivity index (χ0n) is 4.30. The van der Waals surface area contributed by atoms with Gasteiger partial charge in [-0.25, -0.2) is 0 Å². The van der Waals surface area contributed by atoms with Crippen LogP contribution in [0.3, 0.4) is 0 Å². The van der Waals surface area contributed by atoms with Gasteiger partial charge in [-0.1, -0.05) is 0 Å². The van der Waals surface area contributed by atoms with Gasteiger partial charge in [0.2, 0.25) is 0 Å². The Hall–Kier alpha value is -0.220. The lowest BCUT2D eigenvalue weighted by Gasteiger charge is -1.93. The normalized spacial score (nSPS) is 11.6. The van der Waals surface area contributed by atoms with Crippen LogP contribution in [0.5, 0.6) is 0 Å². The van der Waals surface area contributed by atoms with Crippen molar-refractivity contribution in [2.45, 2.75) is 6.92 Å². The Morgan fingerprint density at radius 1 is 1.86 bits per heavy atom. The number of amidine groups is 1. The van der Waals surface area contributed by atoms with Crippen LogP contribution < -0.4 is 4.72 Å². The molecule has 2 N–H and O–H groups in total. The minimum atomic E-state index is 0.554. The highest BCUT2D eigenvalue weighted by Gasteiger charge is 1.79. The van der Waals surface area contributed by atoms with Crippen LogP contribution in [0.4, 0.5) is 0 Å². The molecule has 0 aliphatic heterocycles. The van der Waals surface area contributed by atoms with Crippen LogP contribution >= 0.6 is 12.2 Å². The lowest BCUT2D eigenvalue weighted by molar-refractivity contribution is 0.660. The molecule has 4 heteroatoms. The molecule has 42 valence electrons. The van der Waals surface area contributed by atoms with E-state index >= 15 is 0 Å². The number of aliphatic imine (C=N–C) groups is 1. The van der Waals surface area contributed by atoms with Gasteiger partial charge in [-0.2, -0.15) is 0 Å². The molecule has 0 radical (unpaired) electrons. The maximum absolute atomic E-state index is 8.09. The van der Waals surface area contributed by atoms with Crippen LogP contribution in [0.15, 0.2) is 4.99 Å². The Morgan fingerprint density at radius 3 is 2.57 bits per heavy atom. The van der Waals surface area contributed by atoms with E-state index in [9.17, 15) is 0 Å². The van der Waals surface area contributed by atoms with E-state index in [0.29, 0.717) is 18.1 Å². The van der Waals surface area contributed by atoms with Gasteiger partial charge in [-0.05, 0) is 6.92 Å². The lowest BCUT2D eigenvalue weighted by Crippen LogP contribution is -2.09. The highest BCUT2D eigenvalue weighted by molar-refractivity contribution is 7.92. The van der Waals surface area contributed by atoms with Crippen molar-refractivity contribution in [2.24, 2.45) is 4.99 Å². The summed E-state index contributed by atoms with van der Waals surface area (Å²) in [6.07, 6.45) is 0. The van der Waals surface area contributed by atoms with Crippen LogP contribution in [0, 0.1) is 0 Å². The number of nitrogens with one attached hydrogen (secondary N) is 1. The van der Waals surface area contributed by atoms with Crippen LogP contribution in [-0.2, 0) is 0 Å². The van der Waals surface area contributed by atoms with E-state index < -0.39 is 0 Å². The zero-order chi connectivity index (χ0) is 5.70. The molecule has 0 rings (SSSR count). The molecule has 0 aromatic heterocycles. The molecule has 3 nitrogen and oxygen atoms in total. The fourth-order valence-electron chi connectivity index (χ4n) is 0.112. The van der Waals surface area contributed by atoms with Crippen molar-refractivity contribution in [2.75, 3.05) is 7.05 Å². The SMILES string of the molecule is CN=C(C)NSO. The van der Waals surface area contributed by atoms with Crippen LogP contribution in [0.2, 0.25) is 0 Å². The second kappa shape index (κ2) is 3.95. The Labute approximate surface area is 47.2 Å². The van der Waals surface area contributed by atoms with Crippen molar-refractivity contribution in [1.82, 2.24) is 4.72 Å². The third-order valence-electron chi connectivity index (χ3n) is 0.529. The van der Waals surface area contributed by atoms with Gasteiger partial charge in [0.25, 0.3) is 0 Å². The first-order chi connectivity index (χ1) is 3.31. The molecular formula is C3H8N2OS. The Morgan fingerprint density at radius 2 is 2.43 bits per heavy atom. The quantitative estimate of drug-likeness (QED) is 0.232. The molecule has 0 unspecified atom stereocenters. The van der Waals surface area contributed by atoms with Crippen molar-refractivity contribution in [3.05, 3.63) is 0 Å². The van der Waals surface area contributed by atoms with Crippen molar-refractivity contribution in [1.29, 1.82) is 0 Å². The van der Waals surface area contributed by atoms with E-state index in [1.54, 1.807) is 14.0 Å². The minimum absolute atomic E-state index is 0.554. The van der Waals surface area contributed by atoms with Gasteiger partial charge < -0.3 is 4.55 Å². The van der Waals surface area contributed by atoms with Gasteiger partial charge in [-0.15, -0.1) is 0 Å². The summed E-state index contributed by atoms with van der Waals surface area (Å²) in [6, 6.07) is 0. The summed E-state index contributed by atoms with van der Waals surface area (Å²) in [5.41, 5.74) is 0. The molecule has 0 aromatic rings. The number of rotatable bonds is 1. The molecule has 0 atom stereocenters. The van der Waals surface area contributed by atoms with Gasteiger partial charge in [0.15, 0.2) is 0 Å². The molecular weight excluding hydrogens is 112 g/mol. The van der Waals surface area contributed by atoms with Gasteiger partial charge >= 0.3 is 0 Å². The topological polar surface area (TPSA) is 44.6 Å². The summed E-state index contributed by atoms with van der Waals surface area (Å²) in [5.74, 6) is 0.715. The first kappa shape index (κ1) is 6.78. The lowest BCUT2D eigenvalue weighted by atomic mass is 10.7. The largest absolute Gasteiger partial charge is 0.312 e. The molecule has 0 heterocycles. The first-order valence-electron chi connectivity index (χ1n) is 1.81. The Balaban J connectivity index is 3.17. The molecule has 0 bridgehead atoms. The van der Waals surface area contributed by atoms with Gasteiger partial charge in [0, 0.05) is 7.05 Å². The van der Waals surface area contributed by atoms with Gasteiger partial charge in [-0.3, -0.25) is 9.71 Å². The summed E-state index contributed by atoms with van der Waals surface area (Å²) in [4.78, 5) is 3.70. The average Bonchev–Trinajstić information content (AvgIpc) is 1.68. The van der Waals surface area contributed by atoms with E-state index in [4.69, 9.17) is 4.55 Å². The van der Waals surface area contributed by atoms with Crippen molar-refractivity contribution in [3.8, 4) is 0 Å². The smallest absolute Gasteiger partial charge is 0.109 e. The number of hydrogen-bond acceptors (Lipinski definition) is 3. The van der Waals surface area contributed by atoms with Gasteiger partial charge in [0.1, 0.15) is 18.1 Å². The fraction of sp³-hybridized carbons (Fsp3) is 0.667. The number of hydrogen-bond donors (Lipinski definition) is 2. The average molecular weight is 120 g/mol. The van der Waals surface area contributed by atoms with Gasteiger partial charge in [0.05, 0.1) is 0 Å². The minimum Gasteiger partial charge on any atom is -0.312 e. The Kier molecular flexibility index (Phi) is 3.83. The van der Waals surface area contributed by atoms with E-state index in [1.807, 2.05) is 0 Å². The van der Waals surface area contributed by atoms with Crippen LogP contribution in [-0.4, -0.2) is 17.4 Å². The third-order valence-corrected chi connectivity index (χ3v) is 0.915. The Bertz CT molecular complexity index is 73.3. The van der Waals surface area contributed by atoms with E-state index in [2.05, 4.69) is 9.71 Å². The molecule has 0 saturated carbocycles. The van der Waals surface area contributed by atoms with E-state index in [0.717, 1.165) is 0 Å². The predicted molar refractivity (Wildman–Crippen MR) is 32.4 cm³/mol. The van der Waals surface area contributed by atoms with Crippen molar-refractivity contribution < 1.29 is 4.55 Å². The monoisotopic (exact) mass is 120 g/mol. The summed E-state index contributed by atoms with van der Waals surface area (Å²) in [6.45, 7) is 1.77. The van der Waals surface area contributed by atoms with Crippen molar-refractivity contribution >= 4 is 18.1 Å². The molecule has 0 amide bonds. The maximum Gasteiger partial charge on any atom is 0.109 e. The molecule has 0 aliphatic rings. The molecule has 0 aliphatic carbocycles. The highest BCUT2D eigenvalue weighted by Crippen LogP contribution is 1.79. The summed E-state index contributed by atoms with van der Waals surface area (Å²) < 4.78 is 10.6. The standard InChI is InChI=1S/C3H8N2OS/c1-3(4-2)5-7-6/h6H,1-2H3,(H,4,5). The van der Waals surface area contributed by atoms with Crippen LogP contribution in [0.1, 0.15) is 6.92 Å². The van der Waals surface area contributed by atoms with Crippen LogP contribution in [0.25, 0.3) is 0 Å². The molecule has 7 heavy (non-hydrogen) atoms. The molecule has 0 aromatic carbocycles. The molecule has 0 saturated heterocycles. The molecule has 0 spiro atoms. The predicted octanol–water partition coefficient (Wildman–Crippen LogP) is 0.745. The summed E-state index contributed by atoms with van der Waals surface area (Å²) in [5, 5.41) is 0. The number of nitrogens with zero attached hydrogens (tertiary/aromatic N) is 1. The second-order valence-corrected chi connectivity index (χ2v) is 1.39.